The van der Waals surface area contributed by atoms with E-state index in [0.717, 1.165) is 17.9 Å². The lowest BCUT2D eigenvalue weighted by molar-refractivity contribution is 0.0558. The number of hydrogen-bond acceptors (Lipinski definition) is 2. The fourth-order valence-corrected chi connectivity index (χ4v) is 4.73. The molecule has 2 heterocycles. The lowest BCUT2D eigenvalue weighted by Crippen LogP contribution is -2.59. The number of fused-ring (bicyclic) bond motifs is 4. The van der Waals surface area contributed by atoms with Crippen molar-refractivity contribution in [3.8, 4) is 5.75 Å². The van der Waals surface area contributed by atoms with E-state index in [4.69, 9.17) is 4.74 Å². The van der Waals surface area contributed by atoms with Crippen LogP contribution < -0.4 is 9.64 Å². The third kappa shape index (κ3) is 2.01. The maximum absolute atomic E-state index is 6.84. The predicted molar refractivity (Wildman–Crippen MR) is 113 cm³/mol. The van der Waals surface area contributed by atoms with Gasteiger partial charge >= 0.3 is 0 Å². The summed E-state index contributed by atoms with van der Waals surface area (Å²) in [4.78, 5) is 2.34. The Hall–Kier alpha value is -3.00. The van der Waals surface area contributed by atoms with Gasteiger partial charge in [-0.2, -0.15) is 0 Å². The number of rotatable bonds is 2. The molecule has 1 spiro atoms. The van der Waals surface area contributed by atoms with E-state index in [0.29, 0.717) is 0 Å². The van der Waals surface area contributed by atoms with Crippen LogP contribution in [-0.4, -0.2) is 12.3 Å². The molecule has 134 valence electrons. The number of anilines is 1. The Morgan fingerprint density at radius 1 is 1.00 bits per heavy atom. The first-order valence-corrected chi connectivity index (χ1v) is 9.46. The van der Waals surface area contributed by atoms with Crippen LogP contribution in [0.3, 0.4) is 0 Å². The highest BCUT2D eigenvalue weighted by Gasteiger charge is 2.58. The molecule has 1 unspecified atom stereocenters. The molecule has 0 fully saturated rings. The van der Waals surface area contributed by atoms with E-state index in [1.807, 2.05) is 6.08 Å². The summed E-state index contributed by atoms with van der Waals surface area (Å²) in [6.45, 7) is 9.25. The fraction of sp³-hybridized carbons (Fsp3) is 0.200. The average Bonchev–Trinajstić information content (AvgIpc) is 2.87. The van der Waals surface area contributed by atoms with Crippen molar-refractivity contribution in [2.24, 2.45) is 0 Å². The molecule has 0 N–H and O–H groups in total. The maximum Gasteiger partial charge on any atom is 0.212 e. The van der Waals surface area contributed by atoms with Crippen molar-refractivity contribution in [1.82, 2.24) is 0 Å². The molecule has 0 aromatic heterocycles. The van der Waals surface area contributed by atoms with Crippen LogP contribution in [0, 0.1) is 0 Å². The van der Waals surface area contributed by atoms with Crippen LogP contribution >= 0.6 is 0 Å². The van der Waals surface area contributed by atoms with Crippen LogP contribution in [-0.2, 0) is 5.41 Å². The van der Waals surface area contributed by atoms with Crippen molar-refractivity contribution >= 4 is 22.5 Å². The van der Waals surface area contributed by atoms with Crippen LogP contribution in [0.15, 0.2) is 79.4 Å². The molecular formula is C25H23NO. The van der Waals surface area contributed by atoms with Gasteiger partial charge in [0.25, 0.3) is 0 Å². The molecule has 0 radical (unpaired) electrons. The molecule has 2 aliphatic rings. The normalized spacial score (nSPS) is 21.8. The zero-order valence-electron chi connectivity index (χ0n) is 15.8. The van der Waals surface area contributed by atoms with Crippen molar-refractivity contribution in [2.45, 2.75) is 25.0 Å². The number of benzene rings is 3. The van der Waals surface area contributed by atoms with Gasteiger partial charge in [-0.15, -0.1) is 6.58 Å². The number of para-hydroxylation sites is 1. The molecule has 27 heavy (non-hydrogen) atoms. The average molecular weight is 353 g/mol. The molecule has 0 saturated heterocycles. The van der Waals surface area contributed by atoms with Gasteiger partial charge in [-0.05, 0) is 54.5 Å². The van der Waals surface area contributed by atoms with Crippen LogP contribution in [0.5, 0.6) is 5.75 Å². The Morgan fingerprint density at radius 2 is 1.78 bits per heavy atom. The highest BCUT2D eigenvalue weighted by atomic mass is 16.5. The Balaban J connectivity index is 1.73. The molecule has 0 bridgehead atoms. The minimum Gasteiger partial charge on any atom is -0.463 e. The Morgan fingerprint density at radius 3 is 2.63 bits per heavy atom. The van der Waals surface area contributed by atoms with Crippen LogP contribution in [0.25, 0.3) is 16.8 Å². The lowest BCUT2D eigenvalue weighted by atomic mass is 9.76. The highest BCUT2D eigenvalue weighted by Crippen LogP contribution is 2.55. The minimum absolute atomic E-state index is 0.202. The molecule has 3 aromatic carbocycles. The van der Waals surface area contributed by atoms with Gasteiger partial charge in [-0.1, -0.05) is 54.6 Å². The van der Waals surface area contributed by atoms with Gasteiger partial charge in [0.1, 0.15) is 5.75 Å². The maximum atomic E-state index is 6.84. The summed E-state index contributed by atoms with van der Waals surface area (Å²) in [5, 5.41) is 2.46. The van der Waals surface area contributed by atoms with Crippen molar-refractivity contribution in [2.75, 3.05) is 11.4 Å². The second-order valence-electron chi connectivity index (χ2n) is 7.87. The van der Waals surface area contributed by atoms with E-state index < -0.39 is 5.72 Å². The van der Waals surface area contributed by atoms with Gasteiger partial charge in [0, 0.05) is 17.8 Å². The second-order valence-corrected chi connectivity index (χ2v) is 7.87. The topological polar surface area (TPSA) is 12.5 Å². The van der Waals surface area contributed by atoms with Gasteiger partial charge in [-0.25, -0.2) is 0 Å². The van der Waals surface area contributed by atoms with Crippen molar-refractivity contribution < 1.29 is 4.74 Å². The molecule has 0 amide bonds. The highest BCUT2D eigenvalue weighted by molar-refractivity contribution is 5.94. The van der Waals surface area contributed by atoms with Gasteiger partial charge < -0.3 is 9.64 Å². The van der Waals surface area contributed by atoms with Crippen LogP contribution in [0.2, 0.25) is 0 Å². The van der Waals surface area contributed by atoms with Crippen LogP contribution in [0.1, 0.15) is 25.0 Å². The second kappa shape index (κ2) is 5.50. The Labute approximate surface area is 160 Å². The molecule has 2 nitrogen and oxygen atoms in total. The summed E-state index contributed by atoms with van der Waals surface area (Å²) in [7, 11) is 0. The summed E-state index contributed by atoms with van der Waals surface area (Å²) in [6, 6.07) is 21.3. The monoisotopic (exact) mass is 353 g/mol. The van der Waals surface area contributed by atoms with E-state index in [1.54, 1.807) is 0 Å². The van der Waals surface area contributed by atoms with E-state index >= 15 is 0 Å². The van der Waals surface area contributed by atoms with Crippen molar-refractivity contribution in [3.05, 3.63) is 90.5 Å². The first-order chi connectivity index (χ1) is 13.1. The smallest absolute Gasteiger partial charge is 0.212 e. The number of nitrogens with zero attached hydrogens (tertiary/aromatic N) is 1. The molecular weight excluding hydrogens is 330 g/mol. The summed E-state index contributed by atoms with van der Waals surface area (Å²) in [6.07, 6.45) is 6.43. The van der Waals surface area contributed by atoms with Crippen LogP contribution in [0.4, 0.5) is 5.69 Å². The quantitative estimate of drug-likeness (QED) is 0.530. The summed E-state index contributed by atoms with van der Waals surface area (Å²) in [5.74, 6) is 0.936. The van der Waals surface area contributed by atoms with E-state index in [9.17, 15) is 0 Å². The van der Waals surface area contributed by atoms with E-state index in [-0.39, 0.29) is 5.41 Å². The molecule has 3 aromatic rings. The molecule has 5 rings (SSSR count). The largest absolute Gasteiger partial charge is 0.463 e. The molecule has 0 saturated carbocycles. The summed E-state index contributed by atoms with van der Waals surface area (Å²) >= 11 is 0. The van der Waals surface area contributed by atoms with E-state index in [1.165, 1.54) is 22.0 Å². The first kappa shape index (κ1) is 16.2. The van der Waals surface area contributed by atoms with Crippen molar-refractivity contribution in [1.29, 1.82) is 0 Å². The standard InChI is InChI=1S/C25H23NO/c1-4-17-26-22-12-8-7-11-21(22)24(2,3)25(26)16-15-20-19-10-6-5-9-18(19)13-14-23(20)27-25/h4-16H,1,17H2,2-3H3. The van der Waals surface area contributed by atoms with Gasteiger partial charge in [0.05, 0.1) is 5.41 Å². The Kier molecular flexibility index (Phi) is 3.30. The fourth-order valence-electron chi connectivity index (χ4n) is 4.73. The van der Waals surface area contributed by atoms with Gasteiger partial charge in [0.2, 0.25) is 5.72 Å². The molecule has 1 atom stereocenters. The number of hydrogen-bond donors (Lipinski definition) is 0. The molecule has 2 heteroatoms. The lowest BCUT2D eigenvalue weighted by Gasteiger charge is -2.47. The van der Waals surface area contributed by atoms with E-state index in [2.05, 4.69) is 98.1 Å². The summed E-state index contributed by atoms with van der Waals surface area (Å²) < 4.78 is 6.84. The van der Waals surface area contributed by atoms with Gasteiger partial charge in [0.15, 0.2) is 0 Å². The predicted octanol–water partition coefficient (Wildman–Crippen LogP) is 5.93. The zero-order valence-corrected chi connectivity index (χ0v) is 15.8. The minimum atomic E-state index is -0.569. The first-order valence-electron chi connectivity index (χ1n) is 9.46. The third-order valence-corrected chi connectivity index (χ3v) is 6.15. The summed E-state index contributed by atoms with van der Waals surface area (Å²) in [5.41, 5.74) is 2.91. The number of ether oxygens (including phenoxy) is 1. The third-order valence-electron chi connectivity index (χ3n) is 6.15. The van der Waals surface area contributed by atoms with Gasteiger partial charge in [-0.3, -0.25) is 0 Å². The van der Waals surface area contributed by atoms with Crippen molar-refractivity contribution in [3.63, 3.8) is 0 Å². The Bertz CT molecular complexity index is 1090. The zero-order chi connectivity index (χ0) is 18.6. The SMILES string of the molecule is C=CCN1c2ccccc2C(C)(C)C12C=Cc1c(ccc3ccccc13)O2. The molecule has 0 aliphatic carbocycles. The molecule has 2 aliphatic heterocycles.